The highest BCUT2D eigenvalue weighted by Crippen LogP contribution is 2.41. The van der Waals surface area contributed by atoms with Crippen LogP contribution < -0.4 is 10.5 Å². The zero-order valence-corrected chi connectivity index (χ0v) is 16.8. The van der Waals surface area contributed by atoms with E-state index in [1.165, 1.54) is 12.1 Å². The van der Waals surface area contributed by atoms with Gasteiger partial charge in [0.05, 0.1) is 4.90 Å². The van der Waals surface area contributed by atoms with Crippen LogP contribution in [0.1, 0.15) is 37.2 Å². The summed E-state index contributed by atoms with van der Waals surface area (Å²) in [5, 5.41) is 9.10. The number of hydrogen-bond acceptors (Lipinski definition) is 3. The van der Waals surface area contributed by atoms with E-state index in [1.807, 2.05) is 6.07 Å². The van der Waals surface area contributed by atoms with E-state index in [9.17, 15) is 13.2 Å². The van der Waals surface area contributed by atoms with Crippen LogP contribution >= 0.6 is 23.2 Å². The first-order valence-electron chi connectivity index (χ1n) is 8.64. The summed E-state index contributed by atoms with van der Waals surface area (Å²) in [5.74, 6) is -0.419. The number of halogens is 2. The number of primary sulfonamides is 1. The van der Waals surface area contributed by atoms with Crippen molar-refractivity contribution in [1.29, 1.82) is 0 Å². The number of anilines is 1. The molecule has 0 spiro atoms. The average Bonchev–Trinajstić information content (AvgIpc) is 2.61. The third kappa shape index (κ3) is 4.82. The van der Waals surface area contributed by atoms with Crippen molar-refractivity contribution in [3.8, 4) is 0 Å². The van der Waals surface area contributed by atoms with Crippen LogP contribution in [0.15, 0.2) is 47.4 Å². The Labute approximate surface area is 168 Å². The number of rotatable bonds is 4. The standard InChI is InChI=1S/C19H20Cl2N2O3S/c20-12-8-9-16(18(21)10-12)15-6-1-2-7-17(15)19(24)23-13-4-3-5-14(11-13)27(22,25)26/h3-5,8-11,15,17H,1-2,6-7H2,(H,23,24)(H2,22,25,26)/t15-,17?/m0/s1. The van der Waals surface area contributed by atoms with E-state index >= 15 is 0 Å². The van der Waals surface area contributed by atoms with Crippen LogP contribution in [0, 0.1) is 5.92 Å². The molecule has 0 bridgehead atoms. The molecule has 0 radical (unpaired) electrons. The van der Waals surface area contributed by atoms with Crippen LogP contribution in [-0.4, -0.2) is 14.3 Å². The summed E-state index contributed by atoms with van der Waals surface area (Å²) in [6.07, 6.45) is 3.58. The molecule has 27 heavy (non-hydrogen) atoms. The van der Waals surface area contributed by atoms with Crippen LogP contribution in [0.2, 0.25) is 10.0 Å². The van der Waals surface area contributed by atoms with Crippen molar-refractivity contribution in [3.63, 3.8) is 0 Å². The first-order valence-corrected chi connectivity index (χ1v) is 10.9. The minimum atomic E-state index is -3.83. The summed E-state index contributed by atoms with van der Waals surface area (Å²) >= 11 is 12.4. The van der Waals surface area contributed by atoms with Crippen molar-refractivity contribution in [1.82, 2.24) is 0 Å². The molecule has 1 aliphatic rings. The van der Waals surface area contributed by atoms with Gasteiger partial charge in [0.25, 0.3) is 0 Å². The highest BCUT2D eigenvalue weighted by atomic mass is 35.5. The van der Waals surface area contributed by atoms with Crippen LogP contribution in [-0.2, 0) is 14.8 Å². The average molecular weight is 427 g/mol. The monoisotopic (exact) mass is 426 g/mol. The lowest BCUT2D eigenvalue weighted by Crippen LogP contribution is -2.31. The van der Waals surface area contributed by atoms with E-state index < -0.39 is 10.0 Å². The largest absolute Gasteiger partial charge is 0.326 e. The van der Waals surface area contributed by atoms with Crippen LogP contribution in [0.5, 0.6) is 0 Å². The van der Waals surface area contributed by atoms with Crippen molar-refractivity contribution >= 4 is 44.8 Å². The molecule has 144 valence electrons. The minimum Gasteiger partial charge on any atom is -0.326 e. The first kappa shape index (κ1) is 20.1. The topological polar surface area (TPSA) is 89.3 Å². The molecule has 0 saturated heterocycles. The molecule has 1 fully saturated rings. The lowest BCUT2D eigenvalue weighted by Gasteiger charge is -2.31. The predicted octanol–water partition coefficient (Wildman–Crippen LogP) is 4.55. The summed E-state index contributed by atoms with van der Waals surface area (Å²) in [4.78, 5) is 12.9. The lowest BCUT2D eigenvalue weighted by atomic mass is 9.75. The highest BCUT2D eigenvalue weighted by Gasteiger charge is 2.33. The molecule has 0 aliphatic heterocycles. The van der Waals surface area contributed by atoms with E-state index in [-0.39, 0.29) is 22.6 Å². The molecular formula is C19H20Cl2N2O3S. The van der Waals surface area contributed by atoms with E-state index in [0.29, 0.717) is 15.7 Å². The molecule has 3 N–H and O–H groups in total. The lowest BCUT2D eigenvalue weighted by molar-refractivity contribution is -0.121. The van der Waals surface area contributed by atoms with Crippen LogP contribution in [0.4, 0.5) is 5.69 Å². The summed E-state index contributed by atoms with van der Waals surface area (Å²) in [7, 11) is -3.83. The van der Waals surface area contributed by atoms with Gasteiger partial charge in [0.15, 0.2) is 0 Å². The number of sulfonamides is 1. The van der Waals surface area contributed by atoms with E-state index in [0.717, 1.165) is 31.2 Å². The zero-order valence-electron chi connectivity index (χ0n) is 14.5. The normalized spacial score (nSPS) is 20.3. The maximum atomic E-state index is 12.9. The second-order valence-corrected chi connectivity index (χ2v) is 9.13. The van der Waals surface area contributed by atoms with Gasteiger partial charge in [0.2, 0.25) is 15.9 Å². The molecule has 5 nitrogen and oxygen atoms in total. The number of benzene rings is 2. The van der Waals surface area contributed by atoms with Crippen LogP contribution in [0.3, 0.4) is 0 Å². The fourth-order valence-corrected chi connectivity index (χ4v) is 4.71. The van der Waals surface area contributed by atoms with Crippen molar-refractivity contribution in [3.05, 3.63) is 58.1 Å². The van der Waals surface area contributed by atoms with Gasteiger partial charge in [-0.25, -0.2) is 13.6 Å². The molecule has 0 heterocycles. The van der Waals surface area contributed by atoms with Crippen LogP contribution in [0.25, 0.3) is 0 Å². The molecule has 1 saturated carbocycles. The Morgan fingerprint density at radius 3 is 2.52 bits per heavy atom. The van der Waals surface area contributed by atoms with E-state index in [1.54, 1.807) is 24.3 Å². The summed E-state index contributed by atoms with van der Waals surface area (Å²) in [6, 6.07) is 11.3. The molecule has 1 unspecified atom stereocenters. The number of carbonyl (C=O) groups is 1. The molecule has 0 aromatic heterocycles. The second-order valence-electron chi connectivity index (χ2n) is 6.73. The Balaban J connectivity index is 1.84. The Morgan fingerprint density at radius 1 is 1.07 bits per heavy atom. The predicted molar refractivity (Wildman–Crippen MR) is 108 cm³/mol. The van der Waals surface area contributed by atoms with Crippen molar-refractivity contribution in [2.45, 2.75) is 36.5 Å². The third-order valence-corrected chi connectivity index (χ3v) is 6.37. The Kier molecular flexibility index (Phi) is 6.11. The van der Waals surface area contributed by atoms with Gasteiger partial charge in [0.1, 0.15) is 0 Å². The first-order chi connectivity index (χ1) is 12.8. The quantitative estimate of drug-likeness (QED) is 0.750. The highest BCUT2D eigenvalue weighted by molar-refractivity contribution is 7.89. The van der Waals surface area contributed by atoms with Gasteiger partial charge in [-0.15, -0.1) is 0 Å². The van der Waals surface area contributed by atoms with E-state index in [4.69, 9.17) is 28.3 Å². The summed E-state index contributed by atoms with van der Waals surface area (Å²) in [6.45, 7) is 0. The van der Waals surface area contributed by atoms with Gasteiger partial charge in [-0.05, 0) is 54.7 Å². The van der Waals surface area contributed by atoms with Gasteiger partial charge in [-0.3, -0.25) is 4.79 Å². The number of hydrogen-bond donors (Lipinski definition) is 2. The maximum absolute atomic E-state index is 12.9. The molecular weight excluding hydrogens is 407 g/mol. The number of nitrogens with one attached hydrogen (secondary N) is 1. The molecule has 2 atom stereocenters. The minimum absolute atomic E-state index is 0.00931. The number of nitrogens with two attached hydrogens (primary N) is 1. The van der Waals surface area contributed by atoms with Crippen molar-refractivity contribution in [2.24, 2.45) is 11.1 Å². The molecule has 1 aliphatic carbocycles. The fraction of sp³-hybridized carbons (Fsp3) is 0.316. The van der Waals surface area contributed by atoms with Gasteiger partial charge in [0, 0.05) is 21.7 Å². The third-order valence-electron chi connectivity index (χ3n) is 4.89. The fourth-order valence-electron chi connectivity index (χ4n) is 3.60. The molecule has 3 rings (SSSR count). The number of carbonyl (C=O) groups excluding carboxylic acids is 1. The Hall–Kier alpha value is -1.60. The van der Waals surface area contributed by atoms with Gasteiger partial charge in [-0.1, -0.05) is 48.2 Å². The SMILES string of the molecule is NS(=O)(=O)c1cccc(NC(=O)C2CCCC[C@H]2c2ccc(Cl)cc2Cl)c1. The van der Waals surface area contributed by atoms with Crippen molar-refractivity contribution < 1.29 is 13.2 Å². The Morgan fingerprint density at radius 2 is 1.81 bits per heavy atom. The van der Waals surface area contributed by atoms with Crippen molar-refractivity contribution in [2.75, 3.05) is 5.32 Å². The second kappa shape index (κ2) is 8.19. The van der Waals surface area contributed by atoms with Gasteiger partial charge >= 0.3 is 0 Å². The molecule has 2 aromatic rings. The summed E-state index contributed by atoms with van der Waals surface area (Å²) < 4.78 is 23.0. The smallest absolute Gasteiger partial charge is 0.238 e. The summed E-state index contributed by atoms with van der Waals surface area (Å²) in [5.41, 5.74) is 1.32. The van der Waals surface area contributed by atoms with Gasteiger partial charge < -0.3 is 5.32 Å². The number of amides is 1. The molecule has 1 amide bonds. The molecule has 8 heteroatoms. The molecule has 2 aromatic carbocycles. The van der Waals surface area contributed by atoms with Gasteiger partial charge in [-0.2, -0.15) is 0 Å². The maximum Gasteiger partial charge on any atom is 0.238 e. The van der Waals surface area contributed by atoms with E-state index in [2.05, 4.69) is 5.32 Å². The Bertz CT molecular complexity index is 963. The zero-order chi connectivity index (χ0) is 19.6.